The molecule has 1 fully saturated rings. The van der Waals surface area contributed by atoms with E-state index in [2.05, 4.69) is 19.2 Å². The third kappa shape index (κ3) is 5.99. The van der Waals surface area contributed by atoms with E-state index in [1.54, 1.807) is 11.0 Å². The number of rotatable bonds is 7. The molecule has 0 aliphatic carbocycles. The zero-order valence-electron chi connectivity index (χ0n) is 16.0. The number of allylic oxidation sites excluding steroid dienone is 1. The predicted octanol–water partition coefficient (Wildman–Crippen LogP) is 2.87. The molecule has 26 heavy (non-hydrogen) atoms. The van der Waals surface area contributed by atoms with Gasteiger partial charge in [-0.2, -0.15) is 0 Å². The van der Waals surface area contributed by atoms with Gasteiger partial charge < -0.3 is 15.0 Å². The van der Waals surface area contributed by atoms with E-state index in [1.807, 2.05) is 37.3 Å². The highest BCUT2D eigenvalue weighted by Crippen LogP contribution is 2.17. The lowest BCUT2D eigenvalue weighted by atomic mass is 10.0. The van der Waals surface area contributed by atoms with Crippen LogP contribution >= 0.6 is 0 Å². The number of morpholine rings is 1. The number of carbonyl (C=O) groups is 2. The maximum absolute atomic E-state index is 12.8. The van der Waals surface area contributed by atoms with Crippen molar-refractivity contribution in [2.75, 3.05) is 26.3 Å². The standard InChI is InChI=1S/C21H30N2O3/c1-4-17(18-8-6-5-7-9-18)15-20(24)22-19(14-16(2)3)21(25)23-10-12-26-13-11-23/h5-9,15-16,19H,4,10-14H2,1-3H3,(H,22,24)/b17-15+/t19-/m0/s1. The van der Waals surface area contributed by atoms with Gasteiger partial charge in [0.2, 0.25) is 11.8 Å². The van der Waals surface area contributed by atoms with Crippen LogP contribution in [0.15, 0.2) is 36.4 Å². The zero-order chi connectivity index (χ0) is 18.9. The van der Waals surface area contributed by atoms with E-state index in [0.29, 0.717) is 38.6 Å². The Kier molecular flexibility index (Phi) is 7.85. The van der Waals surface area contributed by atoms with E-state index >= 15 is 0 Å². The highest BCUT2D eigenvalue weighted by Gasteiger charge is 2.27. The van der Waals surface area contributed by atoms with Crippen molar-refractivity contribution in [3.8, 4) is 0 Å². The van der Waals surface area contributed by atoms with Gasteiger partial charge in [-0.1, -0.05) is 51.1 Å². The van der Waals surface area contributed by atoms with Crippen LogP contribution in [0.1, 0.15) is 39.2 Å². The first-order valence-corrected chi connectivity index (χ1v) is 9.44. The van der Waals surface area contributed by atoms with Crippen molar-refractivity contribution in [1.82, 2.24) is 10.2 Å². The van der Waals surface area contributed by atoms with E-state index in [0.717, 1.165) is 17.6 Å². The van der Waals surface area contributed by atoms with Crippen LogP contribution in [0.3, 0.4) is 0 Å². The first-order chi connectivity index (χ1) is 12.5. The van der Waals surface area contributed by atoms with E-state index in [-0.39, 0.29) is 11.8 Å². The van der Waals surface area contributed by atoms with Gasteiger partial charge in [0.1, 0.15) is 6.04 Å². The molecule has 0 aromatic heterocycles. The summed E-state index contributed by atoms with van der Waals surface area (Å²) in [7, 11) is 0. The molecular formula is C21H30N2O3. The summed E-state index contributed by atoms with van der Waals surface area (Å²) in [4.78, 5) is 27.2. The van der Waals surface area contributed by atoms with Crippen molar-refractivity contribution in [1.29, 1.82) is 0 Å². The Labute approximate surface area is 156 Å². The van der Waals surface area contributed by atoms with Crippen molar-refractivity contribution >= 4 is 17.4 Å². The number of hydrogen-bond acceptors (Lipinski definition) is 3. The first-order valence-electron chi connectivity index (χ1n) is 9.44. The average Bonchev–Trinajstić information content (AvgIpc) is 2.66. The Morgan fingerprint density at radius 1 is 1.19 bits per heavy atom. The Bertz CT molecular complexity index is 619. The molecule has 1 aromatic rings. The van der Waals surface area contributed by atoms with Gasteiger partial charge in [-0.3, -0.25) is 9.59 Å². The maximum atomic E-state index is 12.8. The normalized spacial score (nSPS) is 16.5. The second-order valence-electron chi connectivity index (χ2n) is 7.02. The van der Waals surface area contributed by atoms with Gasteiger partial charge in [0.05, 0.1) is 13.2 Å². The molecule has 1 atom stereocenters. The molecule has 1 aliphatic heterocycles. The van der Waals surface area contributed by atoms with Crippen molar-refractivity contribution < 1.29 is 14.3 Å². The highest BCUT2D eigenvalue weighted by molar-refractivity contribution is 5.98. The van der Waals surface area contributed by atoms with E-state index in [9.17, 15) is 9.59 Å². The number of nitrogens with zero attached hydrogens (tertiary/aromatic N) is 1. The molecule has 142 valence electrons. The maximum Gasteiger partial charge on any atom is 0.245 e. The minimum Gasteiger partial charge on any atom is -0.378 e. The number of ether oxygens (including phenoxy) is 1. The number of benzene rings is 1. The van der Waals surface area contributed by atoms with Crippen LogP contribution in [0.2, 0.25) is 0 Å². The second kappa shape index (κ2) is 10.1. The Morgan fingerprint density at radius 2 is 1.85 bits per heavy atom. The molecule has 0 radical (unpaired) electrons. The minimum absolute atomic E-state index is 0.0125. The molecule has 0 spiro atoms. The molecule has 2 rings (SSSR count). The summed E-state index contributed by atoms with van der Waals surface area (Å²) in [6.45, 7) is 8.43. The lowest BCUT2D eigenvalue weighted by molar-refractivity contribution is -0.139. The van der Waals surface area contributed by atoms with Crippen LogP contribution in [-0.4, -0.2) is 49.1 Å². The summed E-state index contributed by atoms with van der Waals surface area (Å²) in [5.74, 6) is 0.0912. The molecule has 1 heterocycles. The fourth-order valence-corrected chi connectivity index (χ4v) is 3.11. The quantitative estimate of drug-likeness (QED) is 0.763. The molecule has 5 heteroatoms. The first kappa shape index (κ1) is 20.2. The summed E-state index contributed by atoms with van der Waals surface area (Å²) in [5.41, 5.74) is 2.00. The van der Waals surface area contributed by atoms with Gasteiger partial charge in [0.15, 0.2) is 0 Å². The van der Waals surface area contributed by atoms with Crippen molar-refractivity contribution in [2.24, 2.45) is 5.92 Å². The van der Waals surface area contributed by atoms with Crippen molar-refractivity contribution in [2.45, 2.75) is 39.7 Å². The Balaban J connectivity index is 2.09. The summed E-state index contributed by atoms with van der Waals surface area (Å²) < 4.78 is 5.32. The van der Waals surface area contributed by atoms with Crippen LogP contribution in [-0.2, 0) is 14.3 Å². The monoisotopic (exact) mass is 358 g/mol. The third-order valence-electron chi connectivity index (χ3n) is 4.48. The van der Waals surface area contributed by atoms with Crippen molar-refractivity contribution in [3.05, 3.63) is 42.0 Å². The van der Waals surface area contributed by atoms with Crippen LogP contribution in [0, 0.1) is 5.92 Å². The van der Waals surface area contributed by atoms with Gasteiger partial charge in [0.25, 0.3) is 0 Å². The van der Waals surface area contributed by atoms with Gasteiger partial charge in [-0.05, 0) is 29.9 Å². The molecule has 1 aromatic carbocycles. The molecule has 1 saturated heterocycles. The van der Waals surface area contributed by atoms with E-state index < -0.39 is 6.04 Å². The topological polar surface area (TPSA) is 58.6 Å². The average molecular weight is 358 g/mol. The minimum atomic E-state index is -0.495. The summed E-state index contributed by atoms with van der Waals surface area (Å²) in [6.07, 6.45) is 3.00. The lowest BCUT2D eigenvalue weighted by Crippen LogP contribution is -2.52. The van der Waals surface area contributed by atoms with Gasteiger partial charge in [0, 0.05) is 19.2 Å². The molecule has 0 bridgehead atoms. The number of nitrogens with one attached hydrogen (secondary N) is 1. The van der Waals surface area contributed by atoms with E-state index in [4.69, 9.17) is 4.74 Å². The fraction of sp³-hybridized carbons (Fsp3) is 0.524. The van der Waals surface area contributed by atoms with E-state index in [1.165, 1.54) is 0 Å². The second-order valence-corrected chi connectivity index (χ2v) is 7.02. The fourth-order valence-electron chi connectivity index (χ4n) is 3.11. The molecule has 1 aliphatic rings. The number of amides is 2. The highest BCUT2D eigenvalue weighted by atomic mass is 16.5. The summed E-state index contributed by atoms with van der Waals surface area (Å²) in [5, 5.41) is 2.93. The van der Waals surface area contributed by atoms with Crippen LogP contribution in [0.25, 0.3) is 5.57 Å². The van der Waals surface area contributed by atoms with Crippen LogP contribution in [0.5, 0.6) is 0 Å². The smallest absolute Gasteiger partial charge is 0.245 e. The molecule has 2 amide bonds. The zero-order valence-corrected chi connectivity index (χ0v) is 16.0. The largest absolute Gasteiger partial charge is 0.378 e. The Morgan fingerprint density at radius 3 is 2.42 bits per heavy atom. The van der Waals surface area contributed by atoms with Gasteiger partial charge in [-0.15, -0.1) is 0 Å². The summed E-state index contributed by atoms with van der Waals surface area (Å²) in [6, 6.07) is 9.36. The molecule has 0 unspecified atom stereocenters. The number of carbonyl (C=O) groups excluding carboxylic acids is 2. The molecular weight excluding hydrogens is 328 g/mol. The van der Waals surface area contributed by atoms with Gasteiger partial charge >= 0.3 is 0 Å². The predicted molar refractivity (Wildman–Crippen MR) is 103 cm³/mol. The third-order valence-corrected chi connectivity index (χ3v) is 4.48. The molecule has 1 N–H and O–H groups in total. The Hall–Kier alpha value is -2.14. The lowest BCUT2D eigenvalue weighted by Gasteiger charge is -2.31. The van der Waals surface area contributed by atoms with Gasteiger partial charge in [-0.25, -0.2) is 0 Å². The van der Waals surface area contributed by atoms with Crippen LogP contribution < -0.4 is 5.32 Å². The SMILES string of the molecule is CC/C(=C\C(=O)N[C@@H](CC(C)C)C(=O)N1CCOCC1)c1ccccc1. The number of hydrogen-bond donors (Lipinski definition) is 1. The van der Waals surface area contributed by atoms with Crippen LogP contribution in [0.4, 0.5) is 0 Å². The van der Waals surface area contributed by atoms with Crippen molar-refractivity contribution in [3.63, 3.8) is 0 Å². The molecule has 0 saturated carbocycles. The summed E-state index contributed by atoms with van der Waals surface area (Å²) >= 11 is 0. The molecule has 5 nitrogen and oxygen atoms in total.